The zero-order valence-electron chi connectivity index (χ0n) is 9.01. The lowest BCUT2D eigenvalue weighted by atomic mass is 10.2. The number of carbonyl (C=O) groups excluding carboxylic acids is 1. The van der Waals surface area contributed by atoms with Gasteiger partial charge in [-0.2, -0.15) is 0 Å². The van der Waals surface area contributed by atoms with E-state index >= 15 is 0 Å². The number of carbonyl (C=O) groups is 1. The molecule has 18 heavy (non-hydrogen) atoms. The monoisotopic (exact) mass is 306 g/mol. The van der Waals surface area contributed by atoms with Crippen LogP contribution in [0, 0.1) is 0 Å². The summed E-state index contributed by atoms with van der Waals surface area (Å²) in [5.74, 6) is 0.164. The minimum Gasteiger partial charge on any atom is -0.287 e. The van der Waals surface area contributed by atoms with E-state index in [2.05, 4.69) is 22.9 Å². The lowest BCUT2D eigenvalue weighted by molar-refractivity contribution is 0.104. The van der Waals surface area contributed by atoms with Crippen molar-refractivity contribution in [2.45, 2.75) is 0 Å². The van der Waals surface area contributed by atoms with Gasteiger partial charge in [0.2, 0.25) is 5.78 Å². The first kappa shape index (κ1) is 10.9. The fourth-order valence-corrected chi connectivity index (χ4v) is 6.07. The Morgan fingerprint density at radius 1 is 0.833 bits per heavy atom. The Kier molecular flexibility index (Phi) is 2.41. The topological polar surface area (TPSA) is 17.1 Å². The smallest absolute Gasteiger partial charge is 0.213 e. The molecule has 0 spiro atoms. The second-order valence-corrected chi connectivity index (χ2v) is 8.33. The molecule has 0 saturated carbocycles. The van der Waals surface area contributed by atoms with Gasteiger partial charge in [0.05, 0.1) is 17.8 Å². The van der Waals surface area contributed by atoms with E-state index in [0.29, 0.717) is 0 Å². The van der Waals surface area contributed by atoms with Crippen LogP contribution in [-0.2, 0) is 0 Å². The normalized spacial score (nSPS) is 11.6. The maximum atomic E-state index is 12.4. The van der Waals surface area contributed by atoms with Crippen LogP contribution in [0.15, 0.2) is 35.0 Å². The van der Waals surface area contributed by atoms with E-state index < -0.39 is 0 Å². The Labute approximate surface area is 119 Å². The van der Waals surface area contributed by atoms with Gasteiger partial charge in [0.1, 0.15) is 0 Å². The first-order chi connectivity index (χ1) is 8.81. The van der Waals surface area contributed by atoms with Crippen LogP contribution in [0.2, 0.25) is 0 Å². The number of hydrogen-bond donors (Lipinski definition) is 0. The Hall–Kier alpha value is -1.01. The third-order valence-corrected chi connectivity index (χ3v) is 7.15. The second kappa shape index (κ2) is 3.99. The Balaban J connectivity index is 1.82. The molecular weight excluding hydrogens is 300 g/mol. The molecule has 0 saturated heterocycles. The average Bonchev–Trinajstić information content (AvgIpc) is 3.06. The van der Waals surface area contributed by atoms with Crippen LogP contribution < -0.4 is 0 Å². The Morgan fingerprint density at radius 2 is 1.33 bits per heavy atom. The maximum Gasteiger partial charge on any atom is 0.213 e. The Morgan fingerprint density at radius 3 is 1.78 bits per heavy atom. The van der Waals surface area contributed by atoms with Crippen molar-refractivity contribution in [2.24, 2.45) is 0 Å². The molecule has 0 aliphatic rings. The molecule has 0 N–H and O–H groups in total. The minimum atomic E-state index is 0.164. The van der Waals surface area contributed by atoms with Crippen molar-refractivity contribution in [3.63, 3.8) is 0 Å². The van der Waals surface area contributed by atoms with Crippen LogP contribution in [0.25, 0.3) is 18.8 Å². The lowest BCUT2D eigenvalue weighted by Gasteiger charge is -1.90. The summed E-state index contributed by atoms with van der Waals surface area (Å²) in [5, 5.41) is 6.51. The molecule has 4 aromatic heterocycles. The van der Waals surface area contributed by atoms with Gasteiger partial charge in [-0.05, 0) is 35.0 Å². The van der Waals surface area contributed by atoms with Crippen molar-refractivity contribution in [3.8, 4) is 0 Å². The van der Waals surface area contributed by atoms with E-state index in [1.165, 1.54) is 18.8 Å². The number of hydrogen-bond acceptors (Lipinski definition) is 5. The average molecular weight is 306 g/mol. The molecule has 0 aliphatic carbocycles. The van der Waals surface area contributed by atoms with Gasteiger partial charge in [-0.3, -0.25) is 4.79 Å². The van der Waals surface area contributed by atoms with Gasteiger partial charge in [-0.25, -0.2) is 0 Å². The fourth-order valence-electron chi connectivity index (χ4n) is 1.88. The van der Waals surface area contributed by atoms with Gasteiger partial charge in [0.25, 0.3) is 0 Å². The molecule has 4 aromatic rings. The van der Waals surface area contributed by atoms with Gasteiger partial charge in [0, 0.05) is 10.8 Å². The largest absolute Gasteiger partial charge is 0.287 e. The summed E-state index contributed by atoms with van der Waals surface area (Å²) in [5.41, 5.74) is 0. The summed E-state index contributed by atoms with van der Waals surface area (Å²) in [4.78, 5) is 14.1. The van der Waals surface area contributed by atoms with Gasteiger partial charge in [-0.1, -0.05) is 0 Å². The lowest BCUT2D eigenvalue weighted by Crippen LogP contribution is -1.93. The van der Waals surface area contributed by atoms with Crippen LogP contribution in [-0.4, -0.2) is 5.78 Å². The quantitative estimate of drug-likeness (QED) is 0.449. The molecule has 4 heterocycles. The summed E-state index contributed by atoms with van der Waals surface area (Å²) in [6.07, 6.45) is 0. The zero-order valence-corrected chi connectivity index (χ0v) is 12.3. The summed E-state index contributed by atoms with van der Waals surface area (Å²) >= 11 is 6.60. The summed E-state index contributed by atoms with van der Waals surface area (Å²) in [6, 6.07) is 8.15. The van der Waals surface area contributed by atoms with E-state index in [9.17, 15) is 4.79 Å². The highest BCUT2D eigenvalue weighted by atomic mass is 32.2. The van der Waals surface area contributed by atoms with Crippen molar-refractivity contribution < 1.29 is 4.79 Å². The predicted octanol–water partition coefficient (Wildman–Crippen LogP) is 5.47. The van der Waals surface area contributed by atoms with E-state index in [4.69, 9.17) is 0 Å². The molecule has 88 valence electrons. The molecule has 0 aliphatic heterocycles. The van der Waals surface area contributed by atoms with Gasteiger partial charge in [-0.15, -0.1) is 45.3 Å². The number of thiophene rings is 4. The van der Waals surface area contributed by atoms with Crippen molar-refractivity contribution in [1.82, 2.24) is 0 Å². The highest BCUT2D eigenvalue weighted by molar-refractivity contribution is 7.40. The summed E-state index contributed by atoms with van der Waals surface area (Å²) in [7, 11) is 0. The molecule has 0 aromatic carbocycles. The first-order valence-corrected chi connectivity index (χ1v) is 8.69. The van der Waals surface area contributed by atoms with Crippen LogP contribution in [0.1, 0.15) is 14.5 Å². The molecule has 1 nitrogen and oxygen atoms in total. The van der Waals surface area contributed by atoms with Gasteiger partial charge >= 0.3 is 0 Å². The van der Waals surface area contributed by atoms with Gasteiger partial charge in [0.15, 0.2) is 0 Å². The predicted molar refractivity (Wildman–Crippen MR) is 82.8 cm³/mol. The van der Waals surface area contributed by atoms with Crippen LogP contribution in [0.4, 0.5) is 0 Å². The van der Waals surface area contributed by atoms with E-state index in [1.807, 2.05) is 12.1 Å². The molecule has 0 bridgehead atoms. The highest BCUT2D eigenvalue weighted by Crippen LogP contribution is 2.35. The standard InChI is InChI=1S/C13H6OS4/c14-11(9-5-7-1-3-15-12(7)17-9)10-6-8-2-4-16-13(8)18-10/h1-6H. The molecule has 0 radical (unpaired) electrons. The van der Waals surface area contributed by atoms with E-state index in [0.717, 1.165) is 9.75 Å². The number of rotatable bonds is 2. The van der Waals surface area contributed by atoms with Crippen molar-refractivity contribution in [3.05, 3.63) is 44.8 Å². The number of fused-ring (bicyclic) bond motifs is 2. The molecule has 0 fully saturated rings. The summed E-state index contributed by atoms with van der Waals surface area (Å²) in [6.45, 7) is 0. The summed E-state index contributed by atoms with van der Waals surface area (Å²) < 4.78 is 2.47. The van der Waals surface area contributed by atoms with Crippen LogP contribution in [0.3, 0.4) is 0 Å². The molecule has 0 atom stereocenters. The third-order valence-electron chi connectivity index (χ3n) is 2.74. The van der Waals surface area contributed by atoms with E-state index in [-0.39, 0.29) is 5.78 Å². The fraction of sp³-hybridized carbons (Fsp3) is 0. The maximum absolute atomic E-state index is 12.4. The van der Waals surface area contributed by atoms with Crippen molar-refractivity contribution in [2.75, 3.05) is 0 Å². The molecule has 0 amide bonds. The van der Waals surface area contributed by atoms with Gasteiger partial charge < -0.3 is 0 Å². The third kappa shape index (κ3) is 1.59. The number of ketones is 1. The Bertz CT molecular complexity index is 730. The molecule has 4 rings (SSSR count). The zero-order chi connectivity index (χ0) is 12.1. The SMILES string of the molecule is O=C(c1cc2ccsc2s1)c1cc2ccsc2s1. The molecule has 0 unspecified atom stereocenters. The second-order valence-electron chi connectivity index (χ2n) is 3.88. The van der Waals surface area contributed by atoms with Crippen LogP contribution in [0.5, 0.6) is 0 Å². The molecule has 5 heteroatoms. The molecular formula is C13H6OS4. The minimum absolute atomic E-state index is 0.164. The highest BCUT2D eigenvalue weighted by Gasteiger charge is 2.16. The first-order valence-electron chi connectivity index (χ1n) is 5.30. The van der Waals surface area contributed by atoms with E-state index in [1.54, 1.807) is 45.3 Å². The van der Waals surface area contributed by atoms with Crippen molar-refractivity contribution in [1.29, 1.82) is 0 Å². The van der Waals surface area contributed by atoms with Crippen molar-refractivity contribution >= 4 is 69.9 Å². The van der Waals surface area contributed by atoms with Crippen LogP contribution >= 0.6 is 45.3 Å².